The van der Waals surface area contributed by atoms with Crippen molar-refractivity contribution in [2.75, 3.05) is 0 Å². The van der Waals surface area contributed by atoms with Gasteiger partial charge < -0.3 is 5.73 Å². The molecular formula is C7H14N4. The fraction of sp³-hybridized carbons (Fsp3) is 0.714. The molecular weight excluding hydrogens is 140 g/mol. The van der Waals surface area contributed by atoms with E-state index in [0.717, 1.165) is 19.4 Å². The van der Waals surface area contributed by atoms with Crippen LogP contribution in [0, 0.1) is 0 Å². The third-order valence-corrected chi connectivity index (χ3v) is 1.51. The Kier molecular flexibility index (Phi) is 3.04. The van der Waals surface area contributed by atoms with Crippen LogP contribution in [0.25, 0.3) is 0 Å². The molecule has 0 fully saturated rings. The van der Waals surface area contributed by atoms with Crippen molar-refractivity contribution in [3.05, 3.63) is 12.7 Å². The molecule has 0 bridgehead atoms. The second-order valence-electron chi connectivity index (χ2n) is 2.78. The molecule has 2 N–H and O–H groups in total. The van der Waals surface area contributed by atoms with Crippen LogP contribution in [0.3, 0.4) is 0 Å². The first-order chi connectivity index (χ1) is 5.29. The van der Waals surface area contributed by atoms with Crippen LogP contribution in [0.4, 0.5) is 0 Å². The molecule has 0 saturated heterocycles. The predicted octanol–water partition coefficient (Wildman–Crippen LogP) is 0.405. The molecule has 0 radical (unpaired) electrons. The Morgan fingerprint density at radius 1 is 1.64 bits per heavy atom. The first kappa shape index (κ1) is 8.20. The molecule has 62 valence electrons. The number of aryl methyl sites for hydroxylation is 1. The molecule has 1 rings (SSSR count). The lowest BCUT2D eigenvalue weighted by Gasteiger charge is -2.03. The van der Waals surface area contributed by atoms with E-state index in [4.69, 9.17) is 5.73 Å². The second kappa shape index (κ2) is 4.08. The summed E-state index contributed by atoms with van der Waals surface area (Å²) in [6.45, 7) is 2.93. The van der Waals surface area contributed by atoms with Gasteiger partial charge in [0, 0.05) is 12.6 Å². The molecule has 0 aliphatic carbocycles. The third-order valence-electron chi connectivity index (χ3n) is 1.51. The van der Waals surface area contributed by atoms with E-state index < -0.39 is 0 Å². The van der Waals surface area contributed by atoms with Gasteiger partial charge in [-0.1, -0.05) is 0 Å². The predicted molar refractivity (Wildman–Crippen MR) is 42.9 cm³/mol. The summed E-state index contributed by atoms with van der Waals surface area (Å²) in [7, 11) is 0. The van der Waals surface area contributed by atoms with Crippen LogP contribution in [0.2, 0.25) is 0 Å². The van der Waals surface area contributed by atoms with Gasteiger partial charge in [0.2, 0.25) is 0 Å². The van der Waals surface area contributed by atoms with Crippen molar-refractivity contribution in [3.8, 4) is 0 Å². The number of aromatic nitrogens is 3. The van der Waals surface area contributed by atoms with Crippen molar-refractivity contribution in [2.45, 2.75) is 32.4 Å². The van der Waals surface area contributed by atoms with Gasteiger partial charge in [-0.25, -0.2) is 4.98 Å². The van der Waals surface area contributed by atoms with Crippen molar-refractivity contribution in [3.63, 3.8) is 0 Å². The third kappa shape index (κ3) is 3.13. The van der Waals surface area contributed by atoms with Crippen LogP contribution < -0.4 is 5.73 Å². The van der Waals surface area contributed by atoms with E-state index in [9.17, 15) is 0 Å². The molecule has 0 unspecified atom stereocenters. The first-order valence-electron chi connectivity index (χ1n) is 3.87. The summed E-state index contributed by atoms with van der Waals surface area (Å²) in [6, 6.07) is 0.290. The monoisotopic (exact) mass is 154 g/mol. The van der Waals surface area contributed by atoms with Gasteiger partial charge in [0.1, 0.15) is 12.7 Å². The molecule has 1 atom stereocenters. The van der Waals surface area contributed by atoms with Crippen LogP contribution in [0.1, 0.15) is 19.8 Å². The minimum absolute atomic E-state index is 0.290. The molecule has 1 aromatic rings. The molecule has 0 aliphatic heterocycles. The average Bonchev–Trinajstić information content (AvgIpc) is 2.39. The Balaban J connectivity index is 2.14. The number of nitrogens with two attached hydrogens (primary N) is 1. The van der Waals surface area contributed by atoms with Gasteiger partial charge in [-0.2, -0.15) is 5.10 Å². The SMILES string of the molecule is C[C@H](N)CCCn1cncn1. The van der Waals surface area contributed by atoms with Crippen molar-refractivity contribution < 1.29 is 0 Å². The Hall–Kier alpha value is -0.900. The highest BCUT2D eigenvalue weighted by atomic mass is 15.3. The average molecular weight is 154 g/mol. The Morgan fingerprint density at radius 3 is 3.00 bits per heavy atom. The van der Waals surface area contributed by atoms with Crippen molar-refractivity contribution in [2.24, 2.45) is 5.73 Å². The maximum atomic E-state index is 5.59. The van der Waals surface area contributed by atoms with Crippen LogP contribution in [-0.4, -0.2) is 20.8 Å². The van der Waals surface area contributed by atoms with Gasteiger partial charge in [-0.3, -0.25) is 4.68 Å². The molecule has 1 heterocycles. The summed E-state index contributed by atoms with van der Waals surface area (Å²) in [4.78, 5) is 3.84. The second-order valence-corrected chi connectivity index (χ2v) is 2.78. The summed E-state index contributed by atoms with van der Waals surface area (Å²) in [6.07, 6.45) is 5.38. The molecule has 0 spiro atoms. The van der Waals surface area contributed by atoms with Crippen LogP contribution >= 0.6 is 0 Å². The van der Waals surface area contributed by atoms with Crippen molar-refractivity contribution >= 4 is 0 Å². The molecule has 0 aromatic carbocycles. The van der Waals surface area contributed by atoms with E-state index >= 15 is 0 Å². The molecule has 4 heteroatoms. The normalized spacial score (nSPS) is 13.3. The van der Waals surface area contributed by atoms with Gasteiger partial charge >= 0.3 is 0 Å². The van der Waals surface area contributed by atoms with Gasteiger partial charge in [0.15, 0.2) is 0 Å². The zero-order valence-electron chi connectivity index (χ0n) is 6.77. The summed E-state index contributed by atoms with van der Waals surface area (Å²) >= 11 is 0. The fourth-order valence-corrected chi connectivity index (χ4v) is 0.923. The topological polar surface area (TPSA) is 56.7 Å². The minimum Gasteiger partial charge on any atom is -0.328 e. The lowest BCUT2D eigenvalue weighted by atomic mass is 10.2. The Morgan fingerprint density at radius 2 is 2.45 bits per heavy atom. The smallest absolute Gasteiger partial charge is 0.137 e. The van der Waals surface area contributed by atoms with Gasteiger partial charge in [-0.05, 0) is 19.8 Å². The first-order valence-corrected chi connectivity index (χ1v) is 3.87. The van der Waals surface area contributed by atoms with E-state index in [0.29, 0.717) is 6.04 Å². The van der Waals surface area contributed by atoms with E-state index in [1.54, 1.807) is 12.7 Å². The molecule has 0 aliphatic rings. The van der Waals surface area contributed by atoms with Crippen LogP contribution in [0.5, 0.6) is 0 Å². The molecule has 4 nitrogen and oxygen atoms in total. The quantitative estimate of drug-likeness (QED) is 0.683. The lowest BCUT2D eigenvalue weighted by Crippen LogP contribution is -2.15. The fourth-order valence-electron chi connectivity index (χ4n) is 0.923. The lowest BCUT2D eigenvalue weighted by molar-refractivity contribution is 0.524. The molecule has 0 amide bonds. The van der Waals surface area contributed by atoms with Crippen molar-refractivity contribution in [1.29, 1.82) is 0 Å². The van der Waals surface area contributed by atoms with E-state index in [2.05, 4.69) is 10.1 Å². The standard InChI is InChI=1S/C7H14N4/c1-7(8)3-2-4-11-6-9-5-10-11/h5-7H,2-4,8H2,1H3/t7-/m0/s1. The summed E-state index contributed by atoms with van der Waals surface area (Å²) in [5.41, 5.74) is 5.59. The largest absolute Gasteiger partial charge is 0.328 e. The van der Waals surface area contributed by atoms with E-state index in [1.165, 1.54) is 0 Å². The van der Waals surface area contributed by atoms with E-state index in [1.807, 2.05) is 11.6 Å². The molecule has 11 heavy (non-hydrogen) atoms. The number of rotatable bonds is 4. The Bertz CT molecular complexity index is 180. The van der Waals surface area contributed by atoms with Crippen molar-refractivity contribution in [1.82, 2.24) is 14.8 Å². The zero-order chi connectivity index (χ0) is 8.10. The maximum absolute atomic E-state index is 5.59. The van der Waals surface area contributed by atoms with Crippen LogP contribution in [-0.2, 0) is 6.54 Å². The highest BCUT2D eigenvalue weighted by molar-refractivity contribution is 4.58. The highest BCUT2D eigenvalue weighted by Crippen LogP contribution is 1.95. The van der Waals surface area contributed by atoms with Crippen LogP contribution in [0.15, 0.2) is 12.7 Å². The highest BCUT2D eigenvalue weighted by Gasteiger charge is 1.94. The van der Waals surface area contributed by atoms with Gasteiger partial charge in [0.25, 0.3) is 0 Å². The minimum atomic E-state index is 0.290. The number of hydrogen-bond donors (Lipinski definition) is 1. The Labute approximate surface area is 66.4 Å². The summed E-state index contributed by atoms with van der Waals surface area (Å²) in [5, 5.41) is 3.98. The maximum Gasteiger partial charge on any atom is 0.137 e. The number of hydrogen-bond acceptors (Lipinski definition) is 3. The van der Waals surface area contributed by atoms with E-state index in [-0.39, 0.29) is 0 Å². The summed E-state index contributed by atoms with van der Waals surface area (Å²) < 4.78 is 1.82. The molecule has 1 aromatic heterocycles. The summed E-state index contributed by atoms with van der Waals surface area (Å²) in [5.74, 6) is 0. The number of nitrogens with zero attached hydrogens (tertiary/aromatic N) is 3. The molecule has 0 saturated carbocycles. The van der Waals surface area contributed by atoms with Gasteiger partial charge in [0.05, 0.1) is 0 Å². The van der Waals surface area contributed by atoms with Gasteiger partial charge in [-0.15, -0.1) is 0 Å². The zero-order valence-corrected chi connectivity index (χ0v) is 6.77.